The molecule has 1 aliphatic heterocycles. The van der Waals surface area contributed by atoms with Crippen molar-refractivity contribution in [3.63, 3.8) is 0 Å². The number of likely N-dealkylation sites (tertiary alicyclic amines) is 1. The van der Waals surface area contributed by atoms with Gasteiger partial charge in [-0.05, 0) is 24.6 Å². The quantitative estimate of drug-likeness (QED) is 0.422. The minimum absolute atomic E-state index is 0.0895. The van der Waals surface area contributed by atoms with Crippen LogP contribution in [0.2, 0.25) is 0 Å². The molecule has 2 heterocycles. The predicted molar refractivity (Wildman–Crippen MR) is 104 cm³/mol. The molecule has 0 spiro atoms. The topological polar surface area (TPSA) is 70.8 Å². The van der Waals surface area contributed by atoms with Gasteiger partial charge in [-0.2, -0.15) is 0 Å². The van der Waals surface area contributed by atoms with E-state index < -0.39 is 17.7 Å². The van der Waals surface area contributed by atoms with E-state index in [4.69, 9.17) is 4.42 Å². The van der Waals surface area contributed by atoms with Crippen LogP contribution in [0.25, 0.3) is 5.76 Å². The summed E-state index contributed by atoms with van der Waals surface area (Å²) >= 11 is 0. The van der Waals surface area contributed by atoms with Crippen LogP contribution < -0.4 is 0 Å². The highest BCUT2D eigenvalue weighted by molar-refractivity contribution is 6.46. The third-order valence-corrected chi connectivity index (χ3v) is 4.89. The summed E-state index contributed by atoms with van der Waals surface area (Å²) < 4.78 is 5.37. The van der Waals surface area contributed by atoms with Crippen molar-refractivity contribution in [2.24, 2.45) is 0 Å². The molecule has 1 aliphatic rings. The first-order valence-corrected chi connectivity index (χ1v) is 8.99. The standard InChI is InChI=1S/C23H19NO4/c1-15-9-11-17(12-10-15)21(25)19-20(16-6-3-2-4-7-16)24(23(27)22(19)26)14-18-8-5-13-28-18/h2-13,20,25H,14H2,1H3. The Bertz CT molecular complexity index is 1030. The number of carbonyl (C=O) groups is 2. The largest absolute Gasteiger partial charge is 0.507 e. The van der Waals surface area contributed by atoms with Crippen molar-refractivity contribution in [1.29, 1.82) is 0 Å². The Labute approximate surface area is 162 Å². The second kappa shape index (κ2) is 7.19. The van der Waals surface area contributed by atoms with E-state index in [1.54, 1.807) is 24.3 Å². The fourth-order valence-corrected chi connectivity index (χ4v) is 3.46. The van der Waals surface area contributed by atoms with Gasteiger partial charge in [0.2, 0.25) is 0 Å². The Morgan fingerprint density at radius 2 is 1.71 bits per heavy atom. The number of amides is 1. The molecule has 1 amide bonds. The van der Waals surface area contributed by atoms with Crippen LogP contribution in [0.4, 0.5) is 0 Å². The number of hydrogen-bond acceptors (Lipinski definition) is 4. The number of nitrogens with zero attached hydrogens (tertiary/aromatic N) is 1. The molecule has 0 saturated carbocycles. The smallest absolute Gasteiger partial charge is 0.296 e. The highest BCUT2D eigenvalue weighted by atomic mass is 16.3. The Balaban J connectivity index is 1.85. The van der Waals surface area contributed by atoms with E-state index in [-0.39, 0.29) is 17.9 Å². The Kier molecular flexibility index (Phi) is 4.57. The van der Waals surface area contributed by atoms with E-state index in [1.807, 2.05) is 49.4 Å². The second-order valence-corrected chi connectivity index (χ2v) is 6.78. The molecule has 5 nitrogen and oxygen atoms in total. The van der Waals surface area contributed by atoms with E-state index in [2.05, 4.69) is 0 Å². The molecule has 140 valence electrons. The zero-order valence-electron chi connectivity index (χ0n) is 15.3. The summed E-state index contributed by atoms with van der Waals surface area (Å²) in [6.07, 6.45) is 1.52. The molecule has 0 bridgehead atoms. The molecule has 5 heteroatoms. The lowest BCUT2D eigenvalue weighted by Crippen LogP contribution is -2.29. The van der Waals surface area contributed by atoms with Crippen LogP contribution in [-0.4, -0.2) is 21.7 Å². The Hall–Kier alpha value is -3.60. The number of rotatable bonds is 4. The Morgan fingerprint density at radius 3 is 2.36 bits per heavy atom. The molecule has 1 aromatic heterocycles. The maximum Gasteiger partial charge on any atom is 0.296 e. The highest BCUT2D eigenvalue weighted by Crippen LogP contribution is 2.40. The molecular formula is C23H19NO4. The maximum absolute atomic E-state index is 12.9. The molecule has 2 aromatic carbocycles. The first kappa shape index (κ1) is 17.8. The summed E-state index contributed by atoms with van der Waals surface area (Å²) in [6.45, 7) is 2.08. The van der Waals surface area contributed by atoms with Crippen LogP contribution >= 0.6 is 0 Å². The van der Waals surface area contributed by atoms with Crippen molar-refractivity contribution in [2.75, 3.05) is 0 Å². The van der Waals surface area contributed by atoms with Gasteiger partial charge in [0.25, 0.3) is 11.7 Å². The summed E-state index contributed by atoms with van der Waals surface area (Å²) in [5.74, 6) is -0.954. The SMILES string of the molecule is Cc1ccc(C(O)=C2C(=O)C(=O)N(Cc3ccco3)C2c2ccccc2)cc1. The normalized spacial score (nSPS) is 18.6. The number of aliphatic hydroxyl groups is 1. The maximum atomic E-state index is 12.9. The van der Waals surface area contributed by atoms with Crippen LogP contribution in [0.3, 0.4) is 0 Å². The number of Topliss-reactive ketones (excluding diaryl/α,β-unsaturated/α-hetero) is 1. The van der Waals surface area contributed by atoms with E-state index >= 15 is 0 Å². The van der Waals surface area contributed by atoms with Crippen LogP contribution in [-0.2, 0) is 16.1 Å². The van der Waals surface area contributed by atoms with E-state index in [0.717, 1.165) is 11.1 Å². The Morgan fingerprint density at radius 1 is 1.00 bits per heavy atom. The number of aryl methyl sites for hydroxylation is 1. The summed E-state index contributed by atoms with van der Waals surface area (Å²) in [4.78, 5) is 27.1. The van der Waals surface area contributed by atoms with Crippen LogP contribution in [0.5, 0.6) is 0 Å². The molecule has 0 aliphatic carbocycles. The number of benzene rings is 2. The third kappa shape index (κ3) is 3.11. The lowest BCUT2D eigenvalue weighted by atomic mass is 9.95. The van der Waals surface area contributed by atoms with E-state index in [9.17, 15) is 14.7 Å². The number of ketones is 1. The predicted octanol–water partition coefficient (Wildman–Crippen LogP) is 4.21. The van der Waals surface area contributed by atoms with Crippen LogP contribution in [0.1, 0.15) is 28.5 Å². The van der Waals surface area contributed by atoms with Gasteiger partial charge >= 0.3 is 0 Å². The first-order valence-electron chi connectivity index (χ1n) is 8.99. The fourth-order valence-electron chi connectivity index (χ4n) is 3.46. The highest BCUT2D eigenvalue weighted by Gasteiger charge is 2.46. The van der Waals surface area contributed by atoms with E-state index in [0.29, 0.717) is 11.3 Å². The molecule has 28 heavy (non-hydrogen) atoms. The second-order valence-electron chi connectivity index (χ2n) is 6.78. The summed E-state index contributed by atoms with van der Waals surface area (Å²) in [6, 6.07) is 19.2. The summed E-state index contributed by atoms with van der Waals surface area (Å²) in [5, 5.41) is 10.9. The minimum Gasteiger partial charge on any atom is -0.507 e. The van der Waals surface area contributed by atoms with Gasteiger partial charge in [0, 0.05) is 5.56 Å². The molecule has 1 unspecified atom stereocenters. The van der Waals surface area contributed by atoms with Gasteiger partial charge in [0.05, 0.1) is 24.4 Å². The zero-order chi connectivity index (χ0) is 19.7. The van der Waals surface area contributed by atoms with Gasteiger partial charge < -0.3 is 14.4 Å². The van der Waals surface area contributed by atoms with Gasteiger partial charge in [-0.1, -0.05) is 60.2 Å². The lowest BCUT2D eigenvalue weighted by Gasteiger charge is -2.24. The molecule has 1 N–H and O–H groups in total. The van der Waals surface area contributed by atoms with Gasteiger partial charge in [-0.25, -0.2) is 0 Å². The summed E-state index contributed by atoms with van der Waals surface area (Å²) in [7, 11) is 0. The van der Waals surface area contributed by atoms with Crippen LogP contribution in [0.15, 0.2) is 83.0 Å². The molecule has 3 aromatic rings. The molecule has 0 radical (unpaired) electrons. The van der Waals surface area contributed by atoms with Gasteiger partial charge in [0.1, 0.15) is 11.5 Å². The van der Waals surface area contributed by atoms with E-state index in [1.165, 1.54) is 11.2 Å². The lowest BCUT2D eigenvalue weighted by molar-refractivity contribution is -0.140. The van der Waals surface area contributed by atoms with Crippen molar-refractivity contribution in [1.82, 2.24) is 4.90 Å². The van der Waals surface area contributed by atoms with Crippen molar-refractivity contribution in [3.8, 4) is 0 Å². The average Bonchev–Trinajstić information content (AvgIpc) is 3.31. The van der Waals surface area contributed by atoms with Crippen molar-refractivity contribution < 1.29 is 19.1 Å². The number of hydrogen-bond donors (Lipinski definition) is 1. The molecule has 4 rings (SSSR count). The molecular weight excluding hydrogens is 354 g/mol. The zero-order valence-corrected chi connectivity index (χ0v) is 15.3. The fraction of sp³-hybridized carbons (Fsp3) is 0.130. The monoisotopic (exact) mass is 373 g/mol. The van der Waals surface area contributed by atoms with Gasteiger partial charge in [-0.3, -0.25) is 9.59 Å². The number of carbonyl (C=O) groups excluding carboxylic acids is 2. The average molecular weight is 373 g/mol. The molecule has 1 fully saturated rings. The van der Waals surface area contributed by atoms with Gasteiger partial charge in [-0.15, -0.1) is 0 Å². The first-order chi connectivity index (χ1) is 13.6. The molecule has 1 atom stereocenters. The number of aliphatic hydroxyl groups excluding tert-OH is 1. The van der Waals surface area contributed by atoms with Gasteiger partial charge in [0.15, 0.2) is 0 Å². The molecule has 1 saturated heterocycles. The van der Waals surface area contributed by atoms with Crippen molar-refractivity contribution in [2.45, 2.75) is 19.5 Å². The number of furan rings is 1. The van der Waals surface area contributed by atoms with Crippen molar-refractivity contribution >= 4 is 17.4 Å². The minimum atomic E-state index is -0.696. The van der Waals surface area contributed by atoms with Crippen LogP contribution in [0, 0.1) is 6.92 Å². The third-order valence-electron chi connectivity index (χ3n) is 4.89. The summed E-state index contributed by atoms with van der Waals surface area (Å²) in [5.41, 5.74) is 2.38. The van der Waals surface area contributed by atoms with Crippen molar-refractivity contribution in [3.05, 3.63) is 101 Å².